The van der Waals surface area contributed by atoms with E-state index in [2.05, 4.69) is 23.0 Å². The summed E-state index contributed by atoms with van der Waals surface area (Å²) >= 11 is 0. The Labute approximate surface area is 145 Å². The zero-order chi connectivity index (χ0) is 17.6. The van der Waals surface area contributed by atoms with Crippen molar-refractivity contribution in [2.24, 2.45) is 0 Å². The number of nitrogens with zero attached hydrogens (tertiary/aromatic N) is 1. The number of rotatable bonds is 5. The molecule has 1 fully saturated rings. The molecule has 128 valence electrons. The lowest BCUT2D eigenvalue weighted by atomic mass is 9.95. The summed E-state index contributed by atoms with van der Waals surface area (Å²) in [6.07, 6.45) is 6.11. The molecule has 0 radical (unpaired) electrons. The van der Waals surface area contributed by atoms with Crippen molar-refractivity contribution in [1.82, 2.24) is 9.97 Å². The highest BCUT2D eigenvalue weighted by Crippen LogP contribution is 2.50. The highest BCUT2D eigenvalue weighted by molar-refractivity contribution is 5.88. The summed E-state index contributed by atoms with van der Waals surface area (Å²) in [7, 11) is 1.66. The molecule has 1 saturated carbocycles. The van der Waals surface area contributed by atoms with Crippen molar-refractivity contribution in [2.75, 3.05) is 7.11 Å². The number of carbonyl (C=O) groups is 1. The van der Waals surface area contributed by atoms with Crippen LogP contribution in [0.2, 0.25) is 0 Å². The van der Waals surface area contributed by atoms with Crippen LogP contribution in [0.1, 0.15) is 46.9 Å². The van der Waals surface area contributed by atoms with E-state index < -0.39 is 5.97 Å². The van der Waals surface area contributed by atoms with Gasteiger partial charge in [-0.05, 0) is 42.2 Å². The fourth-order valence-electron chi connectivity index (χ4n) is 3.40. The first kappa shape index (κ1) is 15.7. The van der Waals surface area contributed by atoms with E-state index in [1.165, 1.54) is 17.5 Å². The zero-order valence-electron chi connectivity index (χ0n) is 14.3. The number of nitrogens with one attached hydrogen (secondary N) is 1. The number of carboxylic acid groups (broad SMARTS) is 1. The Morgan fingerprint density at radius 2 is 2.12 bits per heavy atom. The van der Waals surface area contributed by atoms with Crippen molar-refractivity contribution in [1.29, 1.82) is 0 Å². The van der Waals surface area contributed by atoms with E-state index >= 15 is 0 Å². The predicted octanol–water partition coefficient (Wildman–Crippen LogP) is 3.91. The molecule has 5 nitrogen and oxygen atoms in total. The molecule has 2 aromatic heterocycles. The minimum Gasteiger partial charge on any atom is -0.497 e. The predicted molar refractivity (Wildman–Crippen MR) is 95.4 cm³/mol. The molecule has 3 aromatic rings. The van der Waals surface area contributed by atoms with Crippen molar-refractivity contribution in [3.63, 3.8) is 0 Å². The van der Waals surface area contributed by atoms with Gasteiger partial charge in [-0.1, -0.05) is 6.92 Å². The topological polar surface area (TPSA) is 75.2 Å². The molecule has 5 heteroatoms. The molecule has 0 amide bonds. The van der Waals surface area contributed by atoms with Crippen LogP contribution in [0.25, 0.3) is 10.9 Å². The number of aromatic carboxylic acids is 1. The second-order valence-electron chi connectivity index (χ2n) is 7.01. The Kier molecular flexibility index (Phi) is 3.53. The van der Waals surface area contributed by atoms with Crippen LogP contribution < -0.4 is 4.74 Å². The molecule has 1 aliphatic carbocycles. The quantitative estimate of drug-likeness (QED) is 0.741. The zero-order valence-corrected chi connectivity index (χ0v) is 14.3. The Hall–Kier alpha value is -2.82. The maximum atomic E-state index is 11.2. The molecule has 2 N–H and O–H groups in total. The van der Waals surface area contributed by atoms with E-state index in [4.69, 9.17) is 4.74 Å². The van der Waals surface area contributed by atoms with Gasteiger partial charge in [0, 0.05) is 46.9 Å². The molecule has 0 atom stereocenters. The summed E-state index contributed by atoms with van der Waals surface area (Å²) in [5.74, 6) is -0.130. The molecule has 2 heterocycles. The standard InChI is InChI=1S/C20H20N2O3/c1-20(5-6-20)18-16(8-12-7-13(19(23)24)11-21-10-12)15-4-3-14(25-2)9-17(15)22-18/h3-4,7,9-11,22H,5-6,8H2,1-2H3,(H,23,24). The number of H-pyrrole nitrogens is 1. The van der Waals surface area contributed by atoms with Crippen LogP contribution >= 0.6 is 0 Å². The summed E-state index contributed by atoms with van der Waals surface area (Å²) in [4.78, 5) is 18.9. The average Bonchev–Trinajstić information content (AvgIpc) is 3.26. The van der Waals surface area contributed by atoms with Gasteiger partial charge >= 0.3 is 5.97 Å². The first-order chi connectivity index (χ1) is 12.0. The third-order valence-corrected chi connectivity index (χ3v) is 5.14. The molecule has 0 spiro atoms. The lowest BCUT2D eigenvalue weighted by Gasteiger charge is -2.11. The number of hydrogen-bond acceptors (Lipinski definition) is 3. The Balaban J connectivity index is 1.82. The lowest BCUT2D eigenvalue weighted by Crippen LogP contribution is -2.05. The van der Waals surface area contributed by atoms with Crippen LogP contribution in [0.5, 0.6) is 5.75 Å². The second kappa shape index (κ2) is 5.62. The largest absolute Gasteiger partial charge is 0.497 e. The normalized spacial score (nSPS) is 15.3. The van der Waals surface area contributed by atoms with Gasteiger partial charge in [-0.3, -0.25) is 4.98 Å². The summed E-state index contributed by atoms with van der Waals surface area (Å²) in [5.41, 5.74) is 4.83. The van der Waals surface area contributed by atoms with Gasteiger partial charge < -0.3 is 14.8 Å². The van der Waals surface area contributed by atoms with Gasteiger partial charge in [-0.15, -0.1) is 0 Å². The smallest absolute Gasteiger partial charge is 0.337 e. The molecule has 0 unspecified atom stereocenters. The minimum atomic E-state index is -0.951. The van der Waals surface area contributed by atoms with Crippen LogP contribution in [-0.2, 0) is 11.8 Å². The molecule has 0 bridgehead atoms. The van der Waals surface area contributed by atoms with Crippen LogP contribution in [0.15, 0.2) is 36.7 Å². The monoisotopic (exact) mass is 336 g/mol. The molecular formula is C20H20N2O3. The fourth-order valence-corrected chi connectivity index (χ4v) is 3.40. The van der Waals surface area contributed by atoms with Crippen LogP contribution in [0.3, 0.4) is 0 Å². The summed E-state index contributed by atoms with van der Waals surface area (Å²) in [6, 6.07) is 7.75. The molecule has 25 heavy (non-hydrogen) atoms. The molecule has 0 aliphatic heterocycles. The van der Waals surface area contributed by atoms with Crippen LogP contribution in [0, 0.1) is 0 Å². The molecule has 4 rings (SSSR count). The van der Waals surface area contributed by atoms with Crippen LogP contribution in [-0.4, -0.2) is 28.2 Å². The average molecular weight is 336 g/mol. The molecule has 1 aromatic carbocycles. The van der Waals surface area contributed by atoms with Crippen LogP contribution in [0.4, 0.5) is 0 Å². The van der Waals surface area contributed by atoms with Gasteiger partial charge in [0.1, 0.15) is 5.75 Å². The number of ether oxygens (including phenoxy) is 1. The Bertz CT molecular complexity index is 970. The van der Waals surface area contributed by atoms with E-state index in [-0.39, 0.29) is 11.0 Å². The third-order valence-electron chi connectivity index (χ3n) is 5.14. The number of carboxylic acids is 1. The van der Waals surface area contributed by atoms with E-state index in [9.17, 15) is 9.90 Å². The second-order valence-corrected chi connectivity index (χ2v) is 7.01. The van der Waals surface area contributed by atoms with Gasteiger partial charge in [0.2, 0.25) is 0 Å². The number of aromatic nitrogens is 2. The minimum absolute atomic E-state index is 0.180. The third kappa shape index (κ3) is 2.76. The number of aromatic amines is 1. The lowest BCUT2D eigenvalue weighted by molar-refractivity contribution is 0.0696. The first-order valence-electron chi connectivity index (χ1n) is 8.36. The maximum Gasteiger partial charge on any atom is 0.337 e. The number of benzene rings is 1. The number of hydrogen-bond donors (Lipinski definition) is 2. The van der Waals surface area contributed by atoms with E-state index in [1.807, 2.05) is 12.1 Å². The Morgan fingerprint density at radius 3 is 2.80 bits per heavy atom. The number of methoxy groups -OCH3 is 1. The van der Waals surface area contributed by atoms with Gasteiger partial charge in [-0.25, -0.2) is 4.79 Å². The van der Waals surface area contributed by atoms with Gasteiger partial charge in [0.15, 0.2) is 0 Å². The summed E-state index contributed by atoms with van der Waals surface area (Å²) in [5, 5.41) is 10.4. The van der Waals surface area contributed by atoms with Crippen molar-refractivity contribution in [2.45, 2.75) is 31.6 Å². The Morgan fingerprint density at radius 1 is 1.32 bits per heavy atom. The fraction of sp³-hybridized carbons (Fsp3) is 0.300. The number of pyridine rings is 1. The summed E-state index contributed by atoms with van der Waals surface area (Å²) in [6.45, 7) is 2.27. The molecule has 1 aliphatic rings. The van der Waals surface area contributed by atoms with Gasteiger partial charge in [-0.2, -0.15) is 0 Å². The van der Waals surface area contributed by atoms with Gasteiger partial charge in [0.25, 0.3) is 0 Å². The van der Waals surface area contributed by atoms with Gasteiger partial charge in [0.05, 0.1) is 12.7 Å². The summed E-state index contributed by atoms with van der Waals surface area (Å²) < 4.78 is 5.34. The van der Waals surface area contributed by atoms with E-state index in [0.29, 0.717) is 6.42 Å². The highest BCUT2D eigenvalue weighted by Gasteiger charge is 2.42. The maximum absolute atomic E-state index is 11.2. The SMILES string of the molecule is COc1ccc2c(Cc3cncc(C(=O)O)c3)c(C3(C)CC3)[nH]c2c1. The van der Waals surface area contributed by atoms with Crippen molar-refractivity contribution in [3.8, 4) is 5.75 Å². The molecular weight excluding hydrogens is 316 g/mol. The van der Waals surface area contributed by atoms with Crippen molar-refractivity contribution < 1.29 is 14.6 Å². The number of fused-ring (bicyclic) bond motifs is 1. The highest BCUT2D eigenvalue weighted by atomic mass is 16.5. The van der Waals surface area contributed by atoms with Crippen molar-refractivity contribution in [3.05, 3.63) is 59.0 Å². The first-order valence-corrected chi connectivity index (χ1v) is 8.36. The van der Waals surface area contributed by atoms with Crippen molar-refractivity contribution >= 4 is 16.9 Å². The van der Waals surface area contributed by atoms with E-state index in [0.717, 1.165) is 35.1 Å². The molecule has 0 saturated heterocycles. The van der Waals surface area contributed by atoms with E-state index in [1.54, 1.807) is 19.4 Å².